The molecule has 1 amide bonds. The predicted octanol–water partition coefficient (Wildman–Crippen LogP) is 2.00. The van der Waals surface area contributed by atoms with Crippen molar-refractivity contribution in [2.45, 2.75) is 33.2 Å². The number of nitrogens with two attached hydrogens (primary N) is 1. The molecular weight excluding hydrogens is 200 g/mol. The maximum absolute atomic E-state index is 11.8. The first kappa shape index (κ1) is 12.7. The van der Waals surface area contributed by atoms with Crippen molar-refractivity contribution in [1.29, 1.82) is 0 Å². The minimum Gasteiger partial charge on any atom is -0.327 e. The molecule has 0 spiro atoms. The van der Waals surface area contributed by atoms with Crippen molar-refractivity contribution in [3.8, 4) is 0 Å². The number of hydrogen-bond donors (Lipinski definition) is 1. The molecule has 0 aliphatic rings. The van der Waals surface area contributed by atoms with E-state index < -0.39 is 0 Å². The summed E-state index contributed by atoms with van der Waals surface area (Å²) in [5, 5.41) is 0. The summed E-state index contributed by atoms with van der Waals surface area (Å²) in [4.78, 5) is 13.5. The summed E-state index contributed by atoms with van der Waals surface area (Å²) in [6.07, 6.45) is 0.379. The van der Waals surface area contributed by atoms with Gasteiger partial charge < -0.3 is 10.6 Å². The van der Waals surface area contributed by atoms with Crippen LogP contribution in [0.15, 0.2) is 18.2 Å². The van der Waals surface area contributed by atoms with Crippen LogP contribution in [-0.2, 0) is 4.79 Å². The summed E-state index contributed by atoms with van der Waals surface area (Å²) in [5.74, 6) is 0.0574. The van der Waals surface area contributed by atoms with Crippen molar-refractivity contribution in [2.24, 2.45) is 5.73 Å². The predicted molar refractivity (Wildman–Crippen MR) is 67.6 cm³/mol. The van der Waals surface area contributed by atoms with E-state index in [1.165, 1.54) is 5.56 Å². The number of hydrogen-bond acceptors (Lipinski definition) is 2. The zero-order chi connectivity index (χ0) is 12.3. The fourth-order valence-corrected chi connectivity index (χ4v) is 1.73. The molecule has 88 valence electrons. The lowest BCUT2D eigenvalue weighted by atomic mass is 10.1. The summed E-state index contributed by atoms with van der Waals surface area (Å²) in [5.41, 5.74) is 8.89. The first-order valence-corrected chi connectivity index (χ1v) is 5.51. The Labute approximate surface area is 97.2 Å². The van der Waals surface area contributed by atoms with E-state index in [2.05, 4.69) is 6.07 Å². The smallest absolute Gasteiger partial charge is 0.228 e. The van der Waals surface area contributed by atoms with Gasteiger partial charge in [0.05, 0.1) is 0 Å². The van der Waals surface area contributed by atoms with Crippen LogP contribution < -0.4 is 10.6 Å². The number of amides is 1. The Bertz CT molecular complexity index is 386. The number of anilines is 1. The van der Waals surface area contributed by atoms with Crippen molar-refractivity contribution in [1.82, 2.24) is 0 Å². The van der Waals surface area contributed by atoms with Crippen LogP contribution in [0, 0.1) is 13.8 Å². The monoisotopic (exact) mass is 220 g/mol. The Balaban J connectivity index is 2.87. The van der Waals surface area contributed by atoms with Crippen LogP contribution in [0.3, 0.4) is 0 Å². The molecule has 0 aliphatic heterocycles. The molecule has 1 aromatic carbocycles. The second-order valence-corrected chi connectivity index (χ2v) is 4.42. The van der Waals surface area contributed by atoms with Crippen molar-refractivity contribution in [3.05, 3.63) is 29.3 Å². The summed E-state index contributed by atoms with van der Waals surface area (Å²) in [6.45, 7) is 5.90. The maximum Gasteiger partial charge on any atom is 0.228 e. The number of benzene rings is 1. The summed E-state index contributed by atoms with van der Waals surface area (Å²) < 4.78 is 0. The Morgan fingerprint density at radius 1 is 1.44 bits per heavy atom. The van der Waals surface area contributed by atoms with E-state index in [0.717, 1.165) is 11.3 Å². The number of carbonyl (C=O) groups excluding carboxylic acids is 1. The van der Waals surface area contributed by atoms with Gasteiger partial charge in [0.25, 0.3) is 0 Å². The Hall–Kier alpha value is -1.35. The van der Waals surface area contributed by atoms with Crippen LogP contribution in [0.4, 0.5) is 5.69 Å². The summed E-state index contributed by atoms with van der Waals surface area (Å²) in [6, 6.07) is 5.97. The molecule has 16 heavy (non-hydrogen) atoms. The molecule has 2 N–H and O–H groups in total. The largest absolute Gasteiger partial charge is 0.327 e. The van der Waals surface area contributed by atoms with Gasteiger partial charge in [-0.05, 0) is 32.4 Å². The minimum atomic E-state index is -0.0966. The lowest BCUT2D eigenvalue weighted by Gasteiger charge is -2.20. The van der Waals surface area contributed by atoms with Crippen LogP contribution in [0.2, 0.25) is 0 Å². The third-order valence-electron chi connectivity index (χ3n) is 2.58. The number of nitrogens with zero attached hydrogens (tertiary/aromatic N) is 1. The normalized spacial score (nSPS) is 12.3. The average molecular weight is 220 g/mol. The molecule has 1 aromatic rings. The fraction of sp³-hybridized carbons (Fsp3) is 0.462. The standard InChI is InChI=1S/C13H20N2O/c1-9-5-6-12(10(2)7-9)15(4)13(16)8-11(3)14/h5-7,11H,8,14H2,1-4H3. The Morgan fingerprint density at radius 3 is 2.56 bits per heavy atom. The van der Waals surface area contributed by atoms with Gasteiger partial charge in [-0.15, -0.1) is 0 Å². The fourth-order valence-electron chi connectivity index (χ4n) is 1.73. The highest BCUT2D eigenvalue weighted by Crippen LogP contribution is 2.20. The van der Waals surface area contributed by atoms with Gasteiger partial charge in [-0.3, -0.25) is 4.79 Å². The molecule has 1 unspecified atom stereocenters. The van der Waals surface area contributed by atoms with Crippen molar-refractivity contribution in [3.63, 3.8) is 0 Å². The van der Waals surface area contributed by atoms with Crippen LogP contribution in [-0.4, -0.2) is 19.0 Å². The van der Waals surface area contributed by atoms with E-state index >= 15 is 0 Å². The Morgan fingerprint density at radius 2 is 2.06 bits per heavy atom. The van der Waals surface area contributed by atoms with E-state index in [1.807, 2.05) is 32.9 Å². The molecule has 0 saturated heterocycles. The topological polar surface area (TPSA) is 46.3 Å². The third kappa shape index (κ3) is 3.07. The van der Waals surface area contributed by atoms with Crippen molar-refractivity contribution >= 4 is 11.6 Å². The molecule has 3 nitrogen and oxygen atoms in total. The SMILES string of the molecule is Cc1ccc(N(C)C(=O)CC(C)N)c(C)c1. The van der Waals surface area contributed by atoms with Crippen LogP contribution in [0.1, 0.15) is 24.5 Å². The molecule has 0 bridgehead atoms. The molecule has 0 radical (unpaired) electrons. The first-order chi connectivity index (χ1) is 7.41. The second-order valence-electron chi connectivity index (χ2n) is 4.42. The van der Waals surface area contributed by atoms with E-state index in [-0.39, 0.29) is 11.9 Å². The van der Waals surface area contributed by atoms with Crippen LogP contribution in [0.25, 0.3) is 0 Å². The average Bonchev–Trinajstić information content (AvgIpc) is 2.15. The highest BCUT2D eigenvalue weighted by atomic mass is 16.2. The molecule has 0 saturated carbocycles. The molecule has 0 fully saturated rings. The molecule has 0 heterocycles. The number of aryl methyl sites for hydroxylation is 2. The molecule has 1 atom stereocenters. The zero-order valence-electron chi connectivity index (χ0n) is 10.4. The first-order valence-electron chi connectivity index (χ1n) is 5.51. The molecular formula is C13H20N2O. The van der Waals surface area contributed by atoms with Gasteiger partial charge in [-0.25, -0.2) is 0 Å². The third-order valence-corrected chi connectivity index (χ3v) is 2.58. The van der Waals surface area contributed by atoms with Gasteiger partial charge in [0.1, 0.15) is 0 Å². The van der Waals surface area contributed by atoms with Gasteiger partial charge >= 0.3 is 0 Å². The van der Waals surface area contributed by atoms with Gasteiger partial charge in [0, 0.05) is 25.2 Å². The molecule has 0 aliphatic carbocycles. The highest BCUT2D eigenvalue weighted by molar-refractivity contribution is 5.93. The van der Waals surface area contributed by atoms with Gasteiger partial charge in [0.15, 0.2) is 0 Å². The summed E-state index contributed by atoms with van der Waals surface area (Å²) >= 11 is 0. The lowest BCUT2D eigenvalue weighted by Crippen LogP contribution is -2.32. The maximum atomic E-state index is 11.8. The van der Waals surface area contributed by atoms with Gasteiger partial charge in [0.2, 0.25) is 5.91 Å². The van der Waals surface area contributed by atoms with Crippen LogP contribution in [0.5, 0.6) is 0 Å². The van der Waals surface area contributed by atoms with Crippen molar-refractivity contribution in [2.75, 3.05) is 11.9 Å². The van der Waals surface area contributed by atoms with Gasteiger partial charge in [-0.1, -0.05) is 17.7 Å². The van der Waals surface area contributed by atoms with Gasteiger partial charge in [-0.2, -0.15) is 0 Å². The number of rotatable bonds is 3. The molecule has 3 heteroatoms. The Kier molecular flexibility index (Phi) is 4.07. The van der Waals surface area contributed by atoms with Crippen molar-refractivity contribution < 1.29 is 4.79 Å². The lowest BCUT2D eigenvalue weighted by molar-refractivity contribution is -0.118. The highest BCUT2D eigenvalue weighted by Gasteiger charge is 2.14. The zero-order valence-corrected chi connectivity index (χ0v) is 10.4. The number of carbonyl (C=O) groups is 1. The molecule has 1 rings (SSSR count). The van der Waals surface area contributed by atoms with E-state index in [0.29, 0.717) is 6.42 Å². The van der Waals surface area contributed by atoms with E-state index in [9.17, 15) is 4.79 Å². The van der Waals surface area contributed by atoms with Crippen LogP contribution >= 0.6 is 0 Å². The van der Waals surface area contributed by atoms with E-state index in [4.69, 9.17) is 5.73 Å². The molecule has 0 aromatic heterocycles. The quantitative estimate of drug-likeness (QED) is 0.847. The van der Waals surface area contributed by atoms with E-state index in [1.54, 1.807) is 11.9 Å². The minimum absolute atomic E-state index is 0.0574. The second kappa shape index (κ2) is 5.12. The summed E-state index contributed by atoms with van der Waals surface area (Å²) in [7, 11) is 1.79.